The largest absolute Gasteiger partial charge is 0.444 e. The molecule has 2 aliphatic rings. The fraction of sp³-hybridized carbons (Fsp3) is 0.857. The average molecular weight is 268 g/mol. The SMILES string of the molecule is CC(C)(C)OC(=O)N1CCN(C2CC(C=O)C2)CC1. The standard InChI is InChI=1S/C14H24N2O3/c1-14(2,3)19-13(18)16-6-4-15(5-7-16)12-8-11(9-12)10-17/h10-12H,4-9H2,1-3H3. The van der Waals surface area contributed by atoms with Crippen molar-refractivity contribution in [2.45, 2.75) is 45.3 Å². The highest BCUT2D eigenvalue weighted by atomic mass is 16.6. The molecular weight excluding hydrogens is 244 g/mol. The smallest absolute Gasteiger partial charge is 0.410 e. The van der Waals surface area contributed by atoms with Gasteiger partial charge < -0.3 is 14.4 Å². The van der Waals surface area contributed by atoms with E-state index in [1.165, 1.54) is 0 Å². The molecule has 5 heteroatoms. The van der Waals surface area contributed by atoms with E-state index in [1.807, 2.05) is 20.8 Å². The summed E-state index contributed by atoms with van der Waals surface area (Å²) in [6, 6.07) is 0.538. The molecular formula is C14H24N2O3. The Kier molecular flexibility index (Phi) is 4.13. The first-order chi connectivity index (χ1) is 8.89. The molecule has 1 aliphatic carbocycles. The molecule has 1 amide bonds. The molecule has 0 aromatic carbocycles. The van der Waals surface area contributed by atoms with Crippen molar-refractivity contribution in [1.29, 1.82) is 0 Å². The van der Waals surface area contributed by atoms with E-state index < -0.39 is 5.60 Å². The van der Waals surface area contributed by atoms with Crippen LogP contribution in [0, 0.1) is 5.92 Å². The van der Waals surface area contributed by atoms with Crippen molar-refractivity contribution in [2.24, 2.45) is 5.92 Å². The van der Waals surface area contributed by atoms with Gasteiger partial charge in [-0.1, -0.05) is 0 Å². The first kappa shape index (κ1) is 14.3. The predicted octanol–water partition coefficient (Wildman–Crippen LogP) is 1.52. The third kappa shape index (κ3) is 3.69. The lowest BCUT2D eigenvalue weighted by Crippen LogP contribution is -2.55. The second-order valence-electron chi connectivity index (χ2n) is 6.52. The Morgan fingerprint density at radius 1 is 1.16 bits per heavy atom. The Morgan fingerprint density at radius 3 is 2.21 bits per heavy atom. The summed E-state index contributed by atoms with van der Waals surface area (Å²) < 4.78 is 5.37. The second kappa shape index (κ2) is 5.49. The highest BCUT2D eigenvalue weighted by Crippen LogP contribution is 2.30. The summed E-state index contributed by atoms with van der Waals surface area (Å²) in [4.78, 5) is 26.7. The number of nitrogens with zero attached hydrogens (tertiary/aromatic N) is 2. The maximum Gasteiger partial charge on any atom is 0.410 e. The zero-order valence-electron chi connectivity index (χ0n) is 12.1. The molecule has 0 radical (unpaired) electrons. The van der Waals surface area contributed by atoms with Gasteiger partial charge in [-0.15, -0.1) is 0 Å². The van der Waals surface area contributed by atoms with E-state index in [9.17, 15) is 9.59 Å². The molecule has 0 spiro atoms. The van der Waals surface area contributed by atoms with Gasteiger partial charge in [0.15, 0.2) is 0 Å². The number of carbonyl (C=O) groups excluding carboxylic acids is 2. The maximum atomic E-state index is 11.9. The van der Waals surface area contributed by atoms with Crippen molar-refractivity contribution < 1.29 is 14.3 Å². The van der Waals surface area contributed by atoms with Crippen LogP contribution < -0.4 is 0 Å². The number of ether oxygens (including phenoxy) is 1. The summed E-state index contributed by atoms with van der Waals surface area (Å²) in [5, 5.41) is 0. The van der Waals surface area contributed by atoms with Gasteiger partial charge in [0.05, 0.1) is 0 Å². The first-order valence-electron chi connectivity index (χ1n) is 7.06. The van der Waals surface area contributed by atoms with Crippen LogP contribution in [0.5, 0.6) is 0 Å². The van der Waals surface area contributed by atoms with Crippen molar-refractivity contribution in [3.05, 3.63) is 0 Å². The fourth-order valence-electron chi connectivity index (χ4n) is 2.64. The number of aldehydes is 1. The molecule has 1 saturated heterocycles. The van der Waals surface area contributed by atoms with Crippen molar-refractivity contribution in [1.82, 2.24) is 9.80 Å². The summed E-state index contributed by atoms with van der Waals surface area (Å²) in [6.07, 6.45) is 2.81. The zero-order chi connectivity index (χ0) is 14.0. The Bertz CT molecular complexity index is 337. The Morgan fingerprint density at radius 2 is 1.74 bits per heavy atom. The van der Waals surface area contributed by atoms with Crippen LogP contribution in [0.25, 0.3) is 0 Å². The molecule has 1 heterocycles. The molecule has 0 aromatic heterocycles. The molecule has 0 N–H and O–H groups in total. The number of carbonyl (C=O) groups is 2. The molecule has 19 heavy (non-hydrogen) atoms. The Balaban J connectivity index is 1.73. The van der Waals surface area contributed by atoms with Crippen molar-refractivity contribution in [3.63, 3.8) is 0 Å². The minimum absolute atomic E-state index is 0.216. The fourth-order valence-corrected chi connectivity index (χ4v) is 2.64. The average Bonchev–Trinajstić information content (AvgIpc) is 2.26. The van der Waals surface area contributed by atoms with Gasteiger partial charge in [-0.05, 0) is 33.6 Å². The van der Waals surface area contributed by atoms with Crippen LogP contribution in [-0.2, 0) is 9.53 Å². The molecule has 0 aromatic rings. The third-order valence-corrected chi connectivity index (χ3v) is 3.82. The van der Waals surface area contributed by atoms with Crippen molar-refractivity contribution in [3.8, 4) is 0 Å². The number of piperazine rings is 1. The highest BCUT2D eigenvalue weighted by molar-refractivity contribution is 5.68. The molecule has 5 nitrogen and oxygen atoms in total. The maximum absolute atomic E-state index is 11.9. The lowest BCUT2D eigenvalue weighted by Gasteiger charge is -2.45. The molecule has 2 fully saturated rings. The summed E-state index contributed by atoms with van der Waals surface area (Å²) in [6.45, 7) is 8.86. The molecule has 0 unspecified atom stereocenters. The summed E-state index contributed by atoms with van der Waals surface area (Å²) in [7, 11) is 0. The highest BCUT2D eigenvalue weighted by Gasteiger charge is 2.35. The van der Waals surface area contributed by atoms with E-state index in [0.29, 0.717) is 6.04 Å². The quantitative estimate of drug-likeness (QED) is 0.712. The van der Waals surface area contributed by atoms with Crippen LogP contribution in [0.15, 0.2) is 0 Å². The third-order valence-electron chi connectivity index (χ3n) is 3.82. The van der Waals surface area contributed by atoms with Crippen LogP contribution in [-0.4, -0.2) is 60.0 Å². The van der Waals surface area contributed by atoms with Crippen molar-refractivity contribution >= 4 is 12.4 Å². The summed E-state index contributed by atoms with van der Waals surface area (Å²) in [5.41, 5.74) is -0.431. The van der Waals surface area contributed by atoms with Crippen LogP contribution in [0.3, 0.4) is 0 Å². The lowest BCUT2D eigenvalue weighted by atomic mass is 9.80. The molecule has 108 valence electrons. The molecule has 1 saturated carbocycles. The van der Waals surface area contributed by atoms with Gasteiger partial charge in [-0.2, -0.15) is 0 Å². The van der Waals surface area contributed by atoms with Gasteiger partial charge in [0.1, 0.15) is 11.9 Å². The van der Waals surface area contributed by atoms with E-state index in [-0.39, 0.29) is 12.0 Å². The van der Waals surface area contributed by atoms with E-state index in [2.05, 4.69) is 4.90 Å². The second-order valence-corrected chi connectivity index (χ2v) is 6.52. The van der Waals surface area contributed by atoms with Crippen LogP contribution >= 0.6 is 0 Å². The van der Waals surface area contributed by atoms with Gasteiger partial charge in [-0.25, -0.2) is 4.79 Å². The van der Waals surface area contributed by atoms with Crippen LogP contribution in [0.1, 0.15) is 33.6 Å². The lowest BCUT2D eigenvalue weighted by molar-refractivity contribution is -0.115. The number of hydrogen-bond acceptors (Lipinski definition) is 4. The van der Waals surface area contributed by atoms with Gasteiger partial charge in [0.2, 0.25) is 0 Å². The summed E-state index contributed by atoms with van der Waals surface area (Å²) >= 11 is 0. The van der Waals surface area contributed by atoms with E-state index in [4.69, 9.17) is 4.74 Å². The minimum atomic E-state index is -0.431. The van der Waals surface area contributed by atoms with Gasteiger partial charge in [0, 0.05) is 38.1 Å². The van der Waals surface area contributed by atoms with Gasteiger partial charge in [0.25, 0.3) is 0 Å². The monoisotopic (exact) mass is 268 g/mol. The molecule has 0 atom stereocenters. The first-order valence-corrected chi connectivity index (χ1v) is 7.06. The molecule has 2 rings (SSSR count). The number of hydrogen-bond donors (Lipinski definition) is 0. The van der Waals surface area contributed by atoms with E-state index in [1.54, 1.807) is 4.90 Å². The predicted molar refractivity (Wildman–Crippen MR) is 72.0 cm³/mol. The van der Waals surface area contributed by atoms with E-state index >= 15 is 0 Å². The van der Waals surface area contributed by atoms with E-state index in [0.717, 1.165) is 45.3 Å². The Labute approximate surface area is 114 Å². The van der Waals surface area contributed by atoms with Crippen LogP contribution in [0.2, 0.25) is 0 Å². The van der Waals surface area contributed by atoms with Crippen molar-refractivity contribution in [2.75, 3.05) is 26.2 Å². The van der Waals surface area contributed by atoms with Gasteiger partial charge in [-0.3, -0.25) is 4.90 Å². The summed E-state index contributed by atoms with van der Waals surface area (Å²) in [5.74, 6) is 0.258. The number of rotatable bonds is 2. The molecule has 1 aliphatic heterocycles. The zero-order valence-corrected chi connectivity index (χ0v) is 12.1. The van der Waals surface area contributed by atoms with Crippen LogP contribution in [0.4, 0.5) is 4.79 Å². The normalized spacial score (nSPS) is 28.7. The minimum Gasteiger partial charge on any atom is -0.444 e. The topological polar surface area (TPSA) is 49.9 Å². The number of amides is 1. The van der Waals surface area contributed by atoms with Gasteiger partial charge >= 0.3 is 6.09 Å². The molecule has 0 bridgehead atoms. The Hall–Kier alpha value is -1.10.